The zero-order valence-electron chi connectivity index (χ0n) is 36.9. The molecule has 0 aliphatic heterocycles. The number of carbonyl (C=O) groups is 2. The van der Waals surface area contributed by atoms with E-state index >= 15 is 0 Å². The molecule has 54 heavy (non-hydrogen) atoms. The molecule has 322 valence electrons. The van der Waals surface area contributed by atoms with Crippen molar-refractivity contribution < 1.29 is 24.2 Å². The van der Waals surface area contributed by atoms with Crippen LogP contribution in [0.1, 0.15) is 278 Å². The maximum absolute atomic E-state index is 12.0. The second kappa shape index (κ2) is 44.6. The average Bonchev–Trinajstić information content (AvgIpc) is 3.16. The lowest BCUT2D eigenvalue weighted by Crippen LogP contribution is -2.25. The quantitative estimate of drug-likeness (QED) is 0.0494. The maximum Gasteiger partial charge on any atom is 0.305 e. The highest BCUT2D eigenvalue weighted by molar-refractivity contribution is 5.69. The van der Waals surface area contributed by atoms with Crippen LogP contribution in [0.25, 0.3) is 0 Å². The van der Waals surface area contributed by atoms with Gasteiger partial charge in [0.05, 0.1) is 0 Å². The van der Waals surface area contributed by atoms with E-state index < -0.39 is 6.10 Å². The molecule has 0 spiro atoms. The van der Waals surface area contributed by atoms with Crippen LogP contribution in [0.3, 0.4) is 0 Å². The zero-order chi connectivity index (χ0) is 39.4. The van der Waals surface area contributed by atoms with E-state index in [0.29, 0.717) is 12.8 Å². The molecule has 5 heteroatoms. The summed E-state index contributed by atoms with van der Waals surface area (Å²) in [6, 6.07) is 0. The summed E-state index contributed by atoms with van der Waals surface area (Å²) in [5, 5.41) is 10.1. The Kier molecular flexibility index (Phi) is 43.7. The average molecular weight is 765 g/mol. The normalized spacial score (nSPS) is 12.1. The molecule has 1 N–H and O–H groups in total. The topological polar surface area (TPSA) is 72.8 Å². The van der Waals surface area contributed by atoms with E-state index in [1.54, 1.807) is 0 Å². The third-order valence-corrected chi connectivity index (χ3v) is 11.3. The number of aliphatic hydroxyl groups is 1. The highest BCUT2D eigenvalue weighted by atomic mass is 16.6. The lowest BCUT2D eigenvalue weighted by molar-refractivity contribution is -0.152. The van der Waals surface area contributed by atoms with Crippen molar-refractivity contribution in [2.45, 2.75) is 284 Å². The largest absolute Gasteiger partial charge is 0.463 e. The molecule has 0 unspecified atom stereocenters. The van der Waals surface area contributed by atoms with Gasteiger partial charge in [0.25, 0.3) is 0 Å². The van der Waals surface area contributed by atoms with Gasteiger partial charge >= 0.3 is 11.9 Å². The van der Waals surface area contributed by atoms with E-state index in [4.69, 9.17) is 9.47 Å². The van der Waals surface area contributed by atoms with Gasteiger partial charge in [-0.15, -0.1) is 0 Å². The maximum atomic E-state index is 12.0. The first-order valence-corrected chi connectivity index (χ1v) is 24.4. The third kappa shape index (κ3) is 45.3. The monoisotopic (exact) mass is 765 g/mol. The van der Waals surface area contributed by atoms with E-state index in [-0.39, 0.29) is 25.2 Å². The predicted octanol–water partition coefficient (Wildman–Crippen LogP) is 15.7. The Morgan fingerprint density at radius 2 is 0.593 bits per heavy atom. The lowest BCUT2D eigenvalue weighted by Gasteiger charge is -2.12. The number of hydrogen-bond donors (Lipinski definition) is 1. The van der Waals surface area contributed by atoms with E-state index in [0.717, 1.165) is 31.6 Å². The van der Waals surface area contributed by atoms with E-state index in [1.807, 2.05) is 0 Å². The number of carbonyl (C=O) groups excluding carboxylic acids is 2. The molecule has 0 rings (SSSR count). The van der Waals surface area contributed by atoms with Gasteiger partial charge in [-0.1, -0.05) is 252 Å². The Bertz CT molecular complexity index is 752. The molecule has 0 amide bonds. The Morgan fingerprint density at radius 1 is 0.370 bits per heavy atom. The fraction of sp³-hybridized carbons (Fsp3) is 0.959. The fourth-order valence-corrected chi connectivity index (χ4v) is 7.57. The van der Waals surface area contributed by atoms with Crippen molar-refractivity contribution >= 4 is 11.9 Å². The van der Waals surface area contributed by atoms with Crippen LogP contribution in [-0.4, -0.2) is 36.4 Å². The Labute approximate surface area is 338 Å². The molecule has 1 atom stereocenters. The van der Waals surface area contributed by atoms with Crippen molar-refractivity contribution in [1.29, 1.82) is 0 Å². The van der Waals surface area contributed by atoms with Crippen LogP contribution in [-0.2, 0) is 19.1 Å². The number of hydrogen-bond acceptors (Lipinski definition) is 5. The van der Waals surface area contributed by atoms with E-state index in [2.05, 4.69) is 20.8 Å². The summed E-state index contributed by atoms with van der Waals surface area (Å²) in [4.78, 5) is 24.1. The zero-order valence-corrected chi connectivity index (χ0v) is 36.9. The molecule has 0 bridgehead atoms. The number of unbranched alkanes of at least 4 members (excludes halogenated alkanes) is 35. The molecule has 0 aliphatic carbocycles. The SMILES string of the molecule is CCCCCCCCCCCCCCCCCCCCCC(=O)OC[C@@H](O)COC(=O)CCCCCCCCCCCCCCCCCCCCC(C)C. The van der Waals surface area contributed by atoms with Crippen molar-refractivity contribution in [3.8, 4) is 0 Å². The minimum Gasteiger partial charge on any atom is -0.463 e. The van der Waals surface area contributed by atoms with Crippen LogP contribution in [0, 0.1) is 5.92 Å². The van der Waals surface area contributed by atoms with Crippen LogP contribution in [0.4, 0.5) is 0 Å². The molecule has 0 radical (unpaired) electrons. The van der Waals surface area contributed by atoms with Gasteiger partial charge in [-0.05, 0) is 18.8 Å². The molecule has 5 nitrogen and oxygen atoms in total. The number of rotatable bonds is 45. The summed E-state index contributed by atoms with van der Waals surface area (Å²) in [6.07, 6.45) is 50.4. The molecule has 0 fully saturated rings. The summed E-state index contributed by atoms with van der Waals surface area (Å²) < 4.78 is 10.4. The predicted molar refractivity (Wildman–Crippen MR) is 233 cm³/mol. The minimum absolute atomic E-state index is 0.107. The van der Waals surface area contributed by atoms with E-state index in [1.165, 1.54) is 218 Å². The smallest absolute Gasteiger partial charge is 0.305 e. The molecule has 0 saturated heterocycles. The van der Waals surface area contributed by atoms with Crippen LogP contribution >= 0.6 is 0 Å². The summed E-state index contributed by atoms with van der Waals surface area (Å²) in [5.41, 5.74) is 0. The van der Waals surface area contributed by atoms with Gasteiger partial charge in [0.1, 0.15) is 19.3 Å². The second-order valence-electron chi connectivity index (χ2n) is 17.4. The first-order valence-electron chi connectivity index (χ1n) is 24.4. The number of aliphatic hydroxyl groups excluding tert-OH is 1. The Morgan fingerprint density at radius 3 is 0.833 bits per heavy atom. The summed E-state index contributed by atoms with van der Waals surface area (Å²) >= 11 is 0. The van der Waals surface area contributed by atoms with Gasteiger partial charge in [0, 0.05) is 12.8 Å². The van der Waals surface area contributed by atoms with Gasteiger partial charge in [-0.2, -0.15) is 0 Å². The van der Waals surface area contributed by atoms with Crippen LogP contribution in [0.2, 0.25) is 0 Å². The van der Waals surface area contributed by atoms with Gasteiger partial charge < -0.3 is 14.6 Å². The van der Waals surface area contributed by atoms with Crippen molar-refractivity contribution in [2.75, 3.05) is 13.2 Å². The van der Waals surface area contributed by atoms with Crippen LogP contribution in [0.15, 0.2) is 0 Å². The third-order valence-electron chi connectivity index (χ3n) is 11.3. The van der Waals surface area contributed by atoms with Gasteiger partial charge in [-0.25, -0.2) is 0 Å². The molecule has 0 saturated carbocycles. The summed E-state index contributed by atoms with van der Waals surface area (Å²) in [6.45, 7) is 6.73. The standard InChI is InChI=1S/C49H96O5/c1-4-5-6-7-8-9-10-11-12-13-14-18-21-24-27-30-33-36-39-42-48(51)53-44-47(50)45-54-49(52)43-40-37-34-31-28-25-22-19-16-15-17-20-23-26-29-32-35-38-41-46(2)3/h46-47,50H,4-45H2,1-3H3/t47-/m1/s1. The van der Waals surface area contributed by atoms with E-state index in [9.17, 15) is 14.7 Å². The fourth-order valence-electron chi connectivity index (χ4n) is 7.57. The van der Waals surface area contributed by atoms with Gasteiger partial charge in [0.2, 0.25) is 0 Å². The highest BCUT2D eigenvalue weighted by Crippen LogP contribution is 2.17. The molecule has 0 aromatic rings. The minimum atomic E-state index is -0.956. The van der Waals surface area contributed by atoms with Crippen molar-refractivity contribution in [2.24, 2.45) is 5.92 Å². The number of esters is 2. The first-order chi connectivity index (χ1) is 26.5. The molecule has 0 aliphatic rings. The first kappa shape index (κ1) is 52.9. The molecule has 0 heterocycles. The summed E-state index contributed by atoms with van der Waals surface area (Å²) in [7, 11) is 0. The second-order valence-corrected chi connectivity index (χ2v) is 17.4. The van der Waals surface area contributed by atoms with Gasteiger partial charge in [-0.3, -0.25) is 9.59 Å². The Balaban J connectivity index is 3.34. The molecular formula is C49H96O5. The lowest BCUT2D eigenvalue weighted by atomic mass is 10.0. The number of ether oxygens (including phenoxy) is 2. The molecule has 0 aromatic carbocycles. The Hall–Kier alpha value is -1.10. The highest BCUT2D eigenvalue weighted by Gasteiger charge is 2.12. The van der Waals surface area contributed by atoms with Gasteiger partial charge in [0.15, 0.2) is 0 Å². The van der Waals surface area contributed by atoms with Crippen molar-refractivity contribution in [3.05, 3.63) is 0 Å². The van der Waals surface area contributed by atoms with Crippen molar-refractivity contribution in [3.63, 3.8) is 0 Å². The van der Waals surface area contributed by atoms with Crippen LogP contribution < -0.4 is 0 Å². The van der Waals surface area contributed by atoms with Crippen molar-refractivity contribution in [1.82, 2.24) is 0 Å². The molecular weight excluding hydrogens is 669 g/mol. The van der Waals surface area contributed by atoms with Crippen LogP contribution in [0.5, 0.6) is 0 Å². The molecule has 0 aromatic heterocycles. The summed E-state index contributed by atoms with van der Waals surface area (Å²) in [5.74, 6) is 0.321.